The number of allylic oxidation sites excluding steroid dienone is 1. The van der Waals surface area contributed by atoms with Gasteiger partial charge in [0, 0.05) is 17.0 Å². The minimum atomic E-state index is -0.400. The summed E-state index contributed by atoms with van der Waals surface area (Å²) in [5.41, 5.74) is 2.10. The van der Waals surface area contributed by atoms with Crippen LogP contribution < -0.4 is 15.4 Å². The Labute approximate surface area is 158 Å². The second-order valence-corrected chi connectivity index (χ2v) is 7.18. The van der Waals surface area contributed by atoms with E-state index >= 15 is 0 Å². The summed E-state index contributed by atoms with van der Waals surface area (Å²) in [6.45, 7) is 6.77. The third-order valence-electron chi connectivity index (χ3n) is 3.68. The van der Waals surface area contributed by atoms with Gasteiger partial charge in [-0.05, 0) is 37.9 Å². The Bertz CT molecular complexity index is 661. The molecule has 1 aliphatic rings. The number of carbonyl (C=O) groups is 1. The van der Waals surface area contributed by atoms with Crippen molar-refractivity contribution in [3.63, 3.8) is 0 Å². The minimum absolute atomic E-state index is 0.340. The van der Waals surface area contributed by atoms with E-state index in [0.29, 0.717) is 29.6 Å². The van der Waals surface area contributed by atoms with E-state index in [1.165, 1.54) is 0 Å². The molecule has 2 N–H and O–H groups in total. The highest BCUT2D eigenvalue weighted by Gasteiger charge is 2.32. The number of carbonyl (C=O) groups excluding carboxylic acids is 1. The zero-order valence-electron chi connectivity index (χ0n) is 14.8. The molecule has 25 heavy (non-hydrogen) atoms. The number of hydrogen-bond acceptors (Lipinski definition) is 5. The smallest absolute Gasteiger partial charge is 0.338 e. The number of rotatable bonds is 8. The molecule has 0 spiro atoms. The van der Waals surface area contributed by atoms with Crippen LogP contribution in [0.5, 0.6) is 5.75 Å². The predicted octanol–water partition coefficient (Wildman–Crippen LogP) is 3.17. The standard InChI is InChI=1S/C18H24N2O3S2/c1-4-22-14-9-7-6-8-13(14)16-15(12(3)19-18(24)20-16)17(21)23-10-11-25-5-2/h6-9,16H,4-5,10-11H2,1-3H3,(H2,19,20,24). The van der Waals surface area contributed by atoms with Crippen LogP contribution in [0.3, 0.4) is 0 Å². The SMILES string of the molecule is CCOc1ccccc1C1NC(=S)NC(C)=C1C(=O)OCCSCC. The molecule has 0 radical (unpaired) electrons. The summed E-state index contributed by atoms with van der Waals surface area (Å²) in [7, 11) is 0. The Balaban J connectivity index is 2.29. The van der Waals surface area contributed by atoms with Crippen molar-refractivity contribution >= 4 is 35.1 Å². The van der Waals surface area contributed by atoms with Crippen LogP contribution in [-0.4, -0.2) is 35.8 Å². The molecule has 1 aromatic rings. The number of nitrogens with one attached hydrogen (secondary N) is 2. The molecule has 5 nitrogen and oxygen atoms in total. The summed E-state index contributed by atoms with van der Waals surface area (Å²) in [5, 5.41) is 6.67. The third kappa shape index (κ3) is 5.12. The van der Waals surface area contributed by atoms with E-state index in [1.807, 2.05) is 38.1 Å². The van der Waals surface area contributed by atoms with E-state index in [0.717, 1.165) is 22.8 Å². The first kappa shape index (κ1) is 19.6. The Hall–Kier alpha value is -1.73. The Morgan fingerprint density at radius 1 is 1.32 bits per heavy atom. The Morgan fingerprint density at radius 3 is 2.80 bits per heavy atom. The van der Waals surface area contributed by atoms with Crippen LogP contribution in [0.15, 0.2) is 35.5 Å². The second kappa shape index (κ2) is 9.68. The number of benzene rings is 1. The zero-order chi connectivity index (χ0) is 18.2. The molecule has 2 rings (SSSR count). The molecule has 1 aromatic carbocycles. The van der Waals surface area contributed by atoms with Gasteiger partial charge in [-0.2, -0.15) is 11.8 Å². The van der Waals surface area contributed by atoms with Crippen LogP contribution in [-0.2, 0) is 9.53 Å². The van der Waals surface area contributed by atoms with E-state index in [9.17, 15) is 4.79 Å². The molecule has 0 saturated carbocycles. The number of thiocarbonyl (C=S) groups is 1. The summed E-state index contributed by atoms with van der Waals surface area (Å²) in [6, 6.07) is 7.25. The average Bonchev–Trinajstić information content (AvgIpc) is 2.58. The third-order valence-corrected chi connectivity index (χ3v) is 4.77. The molecule has 0 saturated heterocycles. The molecule has 0 aromatic heterocycles. The number of hydrogen-bond donors (Lipinski definition) is 2. The molecule has 0 fully saturated rings. The molecule has 0 aliphatic carbocycles. The van der Waals surface area contributed by atoms with Crippen molar-refractivity contribution in [2.75, 3.05) is 24.7 Å². The topological polar surface area (TPSA) is 59.6 Å². The number of thioether (sulfide) groups is 1. The van der Waals surface area contributed by atoms with Gasteiger partial charge in [0.25, 0.3) is 0 Å². The molecule has 0 amide bonds. The van der Waals surface area contributed by atoms with E-state index < -0.39 is 6.04 Å². The Kier molecular flexibility index (Phi) is 7.58. The normalized spacial score (nSPS) is 16.9. The van der Waals surface area contributed by atoms with Gasteiger partial charge in [-0.15, -0.1) is 0 Å². The Morgan fingerprint density at radius 2 is 2.08 bits per heavy atom. The highest BCUT2D eigenvalue weighted by molar-refractivity contribution is 7.99. The van der Waals surface area contributed by atoms with Crippen molar-refractivity contribution in [1.29, 1.82) is 0 Å². The van der Waals surface area contributed by atoms with Crippen molar-refractivity contribution < 1.29 is 14.3 Å². The largest absolute Gasteiger partial charge is 0.494 e. The van der Waals surface area contributed by atoms with Crippen molar-refractivity contribution in [2.24, 2.45) is 0 Å². The zero-order valence-corrected chi connectivity index (χ0v) is 16.4. The van der Waals surface area contributed by atoms with Gasteiger partial charge in [-0.1, -0.05) is 25.1 Å². The van der Waals surface area contributed by atoms with Crippen LogP contribution in [0.2, 0.25) is 0 Å². The van der Waals surface area contributed by atoms with Crippen LogP contribution >= 0.6 is 24.0 Å². The molecule has 0 bridgehead atoms. The van der Waals surface area contributed by atoms with Gasteiger partial charge in [0.1, 0.15) is 12.4 Å². The molecule has 1 heterocycles. The van der Waals surface area contributed by atoms with Gasteiger partial charge in [-0.3, -0.25) is 0 Å². The fourth-order valence-corrected chi connectivity index (χ4v) is 3.38. The summed E-state index contributed by atoms with van der Waals surface area (Å²) < 4.78 is 11.2. The maximum atomic E-state index is 12.7. The van der Waals surface area contributed by atoms with Crippen LogP contribution in [0.25, 0.3) is 0 Å². The molecule has 136 valence electrons. The average molecular weight is 381 g/mol. The quantitative estimate of drug-likeness (QED) is 0.408. The van der Waals surface area contributed by atoms with Crippen molar-refractivity contribution in [3.05, 3.63) is 41.1 Å². The minimum Gasteiger partial charge on any atom is -0.494 e. The van der Waals surface area contributed by atoms with Crippen LogP contribution in [0, 0.1) is 0 Å². The van der Waals surface area contributed by atoms with Gasteiger partial charge in [-0.25, -0.2) is 4.79 Å². The van der Waals surface area contributed by atoms with Crippen LogP contribution in [0.1, 0.15) is 32.4 Å². The fraction of sp³-hybridized carbons (Fsp3) is 0.444. The lowest BCUT2D eigenvalue weighted by molar-refractivity contribution is -0.138. The summed E-state index contributed by atoms with van der Waals surface area (Å²) >= 11 is 7.02. The second-order valence-electron chi connectivity index (χ2n) is 5.37. The first-order valence-electron chi connectivity index (χ1n) is 8.33. The lowest BCUT2D eigenvalue weighted by Gasteiger charge is -2.30. The monoisotopic (exact) mass is 380 g/mol. The molecule has 1 atom stereocenters. The van der Waals surface area contributed by atoms with Crippen molar-refractivity contribution in [1.82, 2.24) is 10.6 Å². The van der Waals surface area contributed by atoms with E-state index in [-0.39, 0.29) is 5.97 Å². The first-order valence-corrected chi connectivity index (χ1v) is 9.89. The van der Waals surface area contributed by atoms with Gasteiger partial charge >= 0.3 is 5.97 Å². The number of ether oxygens (including phenoxy) is 2. The lowest BCUT2D eigenvalue weighted by Crippen LogP contribution is -2.45. The predicted molar refractivity (Wildman–Crippen MR) is 106 cm³/mol. The van der Waals surface area contributed by atoms with Gasteiger partial charge in [0.2, 0.25) is 0 Å². The lowest BCUT2D eigenvalue weighted by atomic mass is 9.95. The molecule has 1 unspecified atom stereocenters. The maximum Gasteiger partial charge on any atom is 0.338 e. The van der Waals surface area contributed by atoms with Crippen LogP contribution in [0.4, 0.5) is 0 Å². The molecular weight excluding hydrogens is 356 g/mol. The van der Waals surface area contributed by atoms with Gasteiger partial charge in [0.05, 0.1) is 18.2 Å². The summed E-state index contributed by atoms with van der Waals surface area (Å²) in [5.74, 6) is 2.18. The van der Waals surface area contributed by atoms with E-state index in [2.05, 4.69) is 17.6 Å². The number of para-hydroxylation sites is 1. The fourth-order valence-electron chi connectivity index (χ4n) is 2.62. The summed E-state index contributed by atoms with van der Waals surface area (Å²) in [6.07, 6.45) is 0. The highest BCUT2D eigenvalue weighted by Crippen LogP contribution is 2.33. The summed E-state index contributed by atoms with van der Waals surface area (Å²) in [4.78, 5) is 12.7. The number of esters is 1. The van der Waals surface area contributed by atoms with Gasteiger partial charge in [0.15, 0.2) is 5.11 Å². The van der Waals surface area contributed by atoms with Gasteiger partial charge < -0.3 is 20.1 Å². The highest BCUT2D eigenvalue weighted by atomic mass is 32.2. The van der Waals surface area contributed by atoms with E-state index in [1.54, 1.807) is 11.8 Å². The van der Waals surface area contributed by atoms with E-state index in [4.69, 9.17) is 21.7 Å². The molecule has 1 aliphatic heterocycles. The molecule has 7 heteroatoms. The van der Waals surface area contributed by atoms with Crippen molar-refractivity contribution in [3.8, 4) is 5.75 Å². The molecular formula is C18H24N2O3S2. The maximum absolute atomic E-state index is 12.7. The van der Waals surface area contributed by atoms with Crippen molar-refractivity contribution in [2.45, 2.75) is 26.8 Å². The first-order chi connectivity index (χ1) is 12.1.